The topological polar surface area (TPSA) is 17.0 Å². The Balaban J connectivity index is 2.23. The minimum Gasteiger partial charge on any atom is -0.354 e. The van der Waals surface area contributed by atoms with Gasteiger partial charge in [0, 0.05) is 25.5 Å². The highest BCUT2D eigenvalue weighted by molar-refractivity contribution is 5.09. The molecule has 0 fully saturated rings. The molecule has 0 saturated heterocycles. The lowest BCUT2D eigenvalue weighted by Crippen LogP contribution is -2.18. The van der Waals surface area contributed by atoms with Crippen molar-refractivity contribution < 1.29 is 0 Å². The van der Waals surface area contributed by atoms with Gasteiger partial charge in [0.05, 0.1) is 0 Å². The summed E-state index contributed by atoms with van der Waals surface area (Å²) in [5, 5.41) is 3.48. The molecule has 1 aromatic rings. The normalized spacial score (nSPS) is 11.6. The van der Waals surface area contributed by atoms with Crippen LogP contribution in [-0.4, -0.2) is 11.1 Å². The molecule has 0 aliphatic carbocycles. The summed E-state index contributed by atoms with van der Waals surface area (Å²) >= 11 is 0. The van der Waals surface area contributed by atoms with E-state index in [1.54, 1.807) is 0 Å². The monoisotopic (exact) mass is 236 g/mol. The Morgan fingerprint density at radius 1 is 1.18 bits per heavy atom. The van der Waals surface area contributed by atoms with Crippen LogP contribution in [0.25, 0.3) is 0 Å². The Morgan fingerprint density at radius 2 is 1.94 bits per heavy atom. The van der Waals surface area contributed by atoms with Gasteiger partial charge < -0.3 is 9.88 Å². The molecule has 1 rings (SSSR count). The molecule has 0 saturated carbocycles. The van der Waals surface area contributed by atoms with E-state index in [1.165, 1.54) is 18.4 Å². The third-order valence-corrected chi connectivity index (χ3v) is 2.89. The van der Waals surface area contributed by atoms with Crippen LogP contribution < -0.4 is 5.32 Å². The van der Waals surface area contributed by atoms with Gasteiger partial charge in [0.2, 0.25) is 0 Å². The van der Waals surface area contributed by atoms with Crippen LogP contribution in [0.5, 0.6) is 0 Å². The largest absolute Gasteiger partial charge is 0.354 e. The zero-order valence-electron chi connectivity index (χ0n) is 11.9. The van der Waals surface area contributed by atoms with Gasteiger partial charge in [-0.05, 0) is 42.9 Å². The van der Waals surface area contributed by atoms with Crippen molar-refractivity contribution in [2.24, 2.45) is 11.8 Å². The molecular formula is C15H28N2. The average molecular weight is 236 g/mol. The summed E-state index contributed by atoms with van der Waals surface area (Å²) in [7, 11) is 0. The van der Waals surface area contributed by atoms with E-state index >= 15 is 0 Å². The second kappa shape index (κ2) is 7.54. The van der Waals surface area contributed by atoms with E-state index < -0.39 is 0 Å². The summed E-state index contributed by atoms with van der Waals surface area (Å²) in [6.07, 6.45) is 7.07. The maximum atomic E-state index is 3.48. The Labute approximate surface area is 106 Å². The molecule has 0 aliphatic rings. The molecule has 1 heterocycles. The Kier molecular flexibility index (Phi) is 6.35. The molecule has 0 amide bonds. The van der Waals surface area contributed by atoms with Gasteiger partial charge in [0.25, 0.3) is 0 Å². The highest BCUT2D eigenvalue weighted by Crippen LogP contribution is 2.07. The molecule has 0 spiro atoms. The van der Waals surface area contributed by atoms with E-state index in [-0.39, 0.29) is 0 Å². The van der Waals surface area contributed by atoms with E-state index in [0.717, 1.165) is 31.5 Å². The van der Waals surface area contributed by atoms with E-state index in [1.807, 2.05) is 0 Å². The molecule has 98 valence electrons. The van der Waals surface area contributed by atoms with Gasteiger partial charge in [0.15, 0.2) is 0 Å². The Morgan fingerprint density at radius 3 is 2.59 bits per heavy atom. The third kappa shape index (κ3) is 6.52. The van der Waals surface area contributed by atoms with Crippen LogP contribution in [0.1, 0.15) is 46.1 Å². The molecule has 0 aromatic carbocycles. The second-order valence-electron chi connectivity index (χ2n) is 5.82. The number of nitrogens with zero attached hydrogens (tertiary/aromatic N) is 1. The van der Waals surface area contributed by atoms with Crippen molar-refractivity contribution in [2.45, 2.75) is 53.6 Å². The Hall–Kier alpha value is -0.760. The minimum absolute atomic E-state index is 0.725. The molecule has 0 unspecified atom stereocenters. The highest BCUT2D eigenvalue weighted by atomic mass is 14.9. The fourth-order valence-electron chi connectivity index (χ4n) is 1.92. The van der Waals surface area contributed by atoms with Crippen LogP contribution >= 0.6 is 0 Å². The number of rotatable bonds is 8. The zero-order chi connectivity index (χ0) is 12.7. The lowest BCUT2D eigenvalue weighted by molar-refractivity contribution is 0.512. The lowest BCUT2D eigenvalue weighted by Gasteiger charge is -2.06. The molecule has 0 aliphatic heterocycles. The number of hydrogen-bond donors (Lipinski definition) is 1. The first-order chi connectivity index (χ1) is 8.08. The van der Waals surface area contributed by atoms with Crippen LogP contribution in [0.2, 0.25) is 0 Å². The molecule has 1 aromatic heterocycles. The van der Waals surface area contributed by atoms with E-state index in [2.05, 4.69) is 56.0 Å². The number of aromatic nitrogens is 1. The van der Waals surface area contributed by atoms with Gasteiger partial charge in [-0.15, -0.1) is 0 Å². The summed E-state index contributed by atoms with van der Waals surface area (Å²) < 4.78 is 2.31. The first-order valence-corrected chi connectivity index (χ1v) is 6.93. The quantitative estimate of drug-likeness (QED) is 0.728. The van der Waals surface area contributed by atoms with Crippen molar-refractivity contribution in [3.8, 4) is 0 Å². The van der Waals surface area contributed by atoms with Gasteiger partial charge in [-0.2, -0.15) is 0 Å². The van der Waals surface area contributed by atoms with Crippen LogP contribution in [0.3, 0.4) is 0 Å². The number of hydrogen-bond acceptors (Lipinski definition) is 1. The fourth-order valence-corrected chi connectivity index (χ4v) is 1.92. The van der Waals surface area contributed by atoms with Crippen LogP contribution in [0.15, 0.2) is 18.5 Å². The smallest absolute Gasteiger partial charge is 0.0220 e. The van der Waals surface area contributed by atoms with Gasteiger partial charge >= 0.3 is 0 Å². The number of nitrogens with one attached hydrogen (secondary N) is 1. The van der Waals surface area contributed by atoms with Gasteiger partial charge in [-0.25, -0.2) is 0 Å². The molecule has 0 radical (unpaired) electrons. The molecule has 2 nitrogen and oxygen atoms in total. The van der Waals surface area contributed by atoms with Crippen molar-refractivity contribution in [3.63, 3.8) is 0 Å². The molecule has 0 bridgehead atoms. The number of aryl methyl sites for hydroxylation is 1. The van der Waals surface area contributed by atoms with E-state index in [0.29, 0.717) is 0 Å². The van der Waals surface area contributed by atoms with Crippen molar-refractivity contribution in [3.05, 3.63) is 24.0 Å². The molecule has 2 heteroatoms. The summed E-state index contributed by atoms with van der Waals surface area (Å²) in [6.45, 7) is 12.3. The summed E-state index contributed by atoms with van der Waals surface area (Å²) in [4.78, 5) is 0. The predicted molar refractivity (Wildman–Crippen MR) is 75.0 cm³/mol. The van der Waals surface area contributed by atoms with Crippen LogP contribution in [-0.2, 0) is 13.1 Å². The van der Waals surface area contributed by atoms with Gasteiger partial charge in [-0.3, -0.25) is 0 Å². The molecular weight excluding hydrogens is 208 g/mol. The minimum atomic E-state index is 0.725. The van der Waals surface area contributed by atoms with Crippen molar-refractivity contribution in [1.82, 2.24) is 9.88 Å². The van der Waals surface area contributed by atoms with E-state index in [4.69, 9.17) is 0 Å². The fraction of sp³-hybridized carbons (Fsp3) is 0.733. The second-order valence-corrected chi connectivity index (χ2v) is 5.82. The van der Waals surface area contributed by atoms with Crippen molar-refractivity contribution >= 4 is 0 Å². The molecule has 1 N–H and O–H groups in total. The maximum absolute atomic E-state index is 3.48. The summed E-state index contributed by atoms with van der Waals surface area (Å²) in [5.41, 5.74) is 1.40. The van der Waals surface area contributed by atoms with Gasteiger partial charge in [-0.1, -0.05) is 27.7 Å². The first-order valence-electron chi connectivity index (χ1n) is 6.93. The molecule has 0 atom stereocenters. The predicted octanol–water partition coefficient (Wildman–Crippen LogP) is 3.67. The lowest BCUT2D eigenvalue weighted by atomic mass is 10.1. The first kappa shape index (κ1) is 14.3. The zero-order valence-corrected chi connectivity index (χ0v) is 11.9. The van der Waals surface area contributed by atoms with Crippen LogP contribution in [0.4, 0.5) is 0 Å². The SMILES string of the molecule is CC(C)CCCn1ccc(CNCC(C)C)c1. The van der Waals surface area contributed by atoms with Gasteiger partial charge in [0.1, 0.15) is 0 Å². The Bertz CT molecular complexity index is 271. The standard InChI is InChI=1S/C15H28N2/c1-13(2)6-5-8-17-9-7-15(12-17)11-16-10-14(3)4/h7,9,12-14,16H,5-6,8,10-11H2,1-4H3. The third-order valence-electron chi connectivity index (χ3n) is 2.89. The molecule has 17 heavy (non-hydrogen) atoms. The maximum Gasteiger partial charge on any atom is 0.0220 e. The summed E-state index contributed by atoms with van der Waals surface area (Å²) in [5.74, 6) is 1.54. The average Bonchev–Trinajstić information content (AvgIpc) is 2.65. The highest BCUT2D eigenvalue weighted by Gasteiger charge is 1.99. The van der Waals surface area contributed by atoms with Crippen molar-refractivity contribution in [1.29, 1.82) is 0 Å². The van der Waals surface area contributed by atoms with E-state index in [9.17, 15) is 0 Å². The summed E-state index contributed by atoms with van der Waals surface area (Å²) in [6, 6.07) is 2.22. The van der Waals surface area contributed by atoms with Crippen LogP contribution in [0, 0.1) is 11.8 Å². The van der Waals surface area contributed by atoms with Crippen molar-refractivity contribution in [2.75, 3.05) is 6.54 Å².